The van der Waals surface area contributed by atoms with Gasteiger partial charge in [0.1, 0.15) is 5.75 Å². The van der Waals surface area contributed by atoms with Crippen LogP contribution in [0.25, 0.3) is 11.0 Å². The molecule has 0 aliphatic heterocycles. The summed E-state index contributed by atoms with van der Waals surface area (Å²) in [5, 5.41) is 5.27. The Morgan fingerprint density at radius 2 is 1.79 bits per heavy atom. The molecular formula is C16H20N6O2. The first kappa shape index (κ1) is 16.0. The number of methoxy groups -OCH3 is 2. The molecule has 0 aromatic carbocycles. The molecule has 0 aliphatic rings. The SMILES string of the molecule is COc1nc(Cn2ncc3c(C)nc(N)nc32)c(C)c(OC)c1C. The lowest BCUT2D eigenvalue weighted by Gasteiger charge is -2.15. The zero-order valence-electron chi connectivity index (χ0n) is 14.4. The van der Waals surface area contributed by atoms with Crippen LogP contribution in [0.15, 0.2) is 6.20 Å². The van der Waals surface area contributed by atoms with Gasteiger partial charge in [-0.2, -0.15) is 10.1 Å². The Kier molecular flexibility index (Phi) is 3.96. The second-order valence-corrected chi connectivity index (χ2v) is 5.56. The third-order valence-electron chi connectivity index (χ3n) is 4.07. The number of aromatic nitrogens is 5. The Morgan fingerprint density at radius 3 is 2.46 bits per heavy atom. The average molecular weight is 328 g/mol. The fourth-order valence-corrected chi connectivity index (χ4v) is 2.83. The van der Waals surface area contributed by atoms with Crippen LogP contribution in [0.3, 0.4) is 0 Å². The number of nitrogens with zero attached hydrogens (tertiary/aromatic N) is 5. The van der Waals surface area contributed by atoms with E-state index in [0.29, 0.717) is 18.1 Å². The monoisotopic (exact) mass is 328 g/mol. The molecule has 3 aromatic rings. The lowest BCUT2D eigenvalue weighted by molar-refractivity contribution is 0.372. The van der Waals surface area contributed by atoms with Crippen molar-refractivity contribution < 1.29 is 9.47 Å². The van der Waals surface area contributed by atoms with Crippen LogP contribution in [0.4, 0.5) is 5.95 Å². The molecule has 3 aromatic heterocycles. The highest BCUT2D eigenvalue weighted by Crippen LogP contribution is 2.31. The predicted molar refractivity (Wildman–Crippen MR) is 90.4 cm³/mol. The van der Waals surface area contributed by atoms with Crippen molar-refractivity contribution in [2.45, 2.75) is 27.3 Å². The van der Waals surface area contributed by atoms with Crippen LogP contribution in [0.1, 0.15) is 22.5 Å². The maximum atomic E-state index is 5.77. The maximum Gasteiger partial charge on any atom is 0.222 e. The van der Waals surface area contributed by atoms with Crippen molar-refractivity contribution in [2.75, 3.05) is 20.0 Å². The molecule has 8 nitrogen and oxygen atoms in total. The van der Waals surface area contributed by atoms with E-state index in [1.807, 2.05) is 20.8 Å². The standard InChI is InChI=1S/C16H20N6O2/c1-8-12(20-15(24-5)9(2)13(8)23-4)7-22-14-11(6-18-22)10(3)19-16(17)21-14/h6H,7H2,1-5H3,(H2,17,19,21). The Labute approximate surface area is 139 Å². The second kappa shape index (κ2) is 5.95. The number of aryl methyl sites for hydroxylation is 1. The Hall–Kier alpha value is -2.90. The molecule has 0 fully saturated rings. The Morgan fingerprint density at radius 1 is 1.04 bits per heavy atom. The lowest BCUT2D eigenvalue weighted by atomic mass is 10.1. The van der Waals surface area contributed by atoms with Crippen LogP contribution in [0.2, 0.25) is 0 Å². The summed E-state index contributed by atoms with van der Waals surface area (Å²) < 4.78 is 12.6. The van der Waals surface area contributed by atoms with Crippen molar-refractivity contribution in [3.63, 3.8) is 0 Å². The van der Waals surface area contributed by atoms with E-state index in [4.69, 9.17) is 15.2 Å². The minimum absolute atomic E-state index is 0.227. The molecule has 0 amide bonds. The quantitative estimate of drug-likeness (QED) is 0.779. The number of rotatable bonds is 4. The van der Waals surface area contributed by atoms with Gasteiger partial charge in [-0.15, -0.1) is 0 Å². The molecule has 0 spiro atoms. The highest BCUT2D eigenvalue weighted by Gasteiger charge is 2.17. The van der Waals surface area contributed by atoms with Crippen LogP contribution >= 0.6 is 0 Å². The molecule has 0 bridgehead atoms. The Bertz CT molecular complexity index is 919. The van der Waals surface area contributed by atoms with Crippen LogP contribution in [0, 0.1) is 20.8 Å². The molecule has 0 saturated carbocycles. The number of hydrogen-bond donors (Lipinski definition) is 1. The molecule has 8 heteroatoms. The summed E-state index contributed by atoms with van der Waals surface area (Å²) >= 11 is 0. The molecule has 126 valence electrons. The summed E-state index contributed by atoms with van der Waals surface area (Å²) in [5.74, 6) is 1.53. The third kappa shape index (κ3) is 2.49. The molecule has 0 radical (unpaired) electrons. The van der Waals surface area contributed by atoms with E-state index in [2.05, 4.69) is 20.1 Å². The molecule has 3 heterocycles. The normalized spacial score (nSPS) is 11.0. The van der Waals surface area contributed by atoms with Gasteiger partial charge in [0.2, 0.25) is 11.8 Å². The van der Waals surface area contributed by atoms with E-state index < -0.39 is 0 Å². The zero-order valence-corrected chi connectivity index (χ0v) is 14.4. The number of hydrogen-bond acceptors (Lipinski definition) is 7. The number of fused-ring (bicyclic) bond motifs is 1. The first-order valence-corrected chi connectivity index (χ1v) is 7.50. The number of pyridine rings is 1. The highest BCUT2D eigenvalue weighted by atomic mass is 16.5. The van der Waals surface area contributed by atoms with Gasteiger partial charge in [-0.3, -0.25) is 0 Å². The molecule has 2 N–H and O–H groups in total. The number of anilines is 1. The van der Waals surface area contributed by atoms with Crippen molar-refractivity contribution in [3.8, 4) is 11.6 Å². The van der Waals surface area contributed by atoms with Gasteiger partial charge in [0.15, 0.2) is 5.65 Å². The minimum atomic E-state index is 0.227. The lowest BCUT2D eigenvalue weighted by Crippen LogP contribution is -2.10. The summed E-state index contributed by atoms with van der Waals surface area (Å²) in [6.45, 7) is 6.20. The van der Waals surface area contributed by atoms with E-state index in [1.54, 1.807) is 25.1 Å². The van der Waals surface area contributed by atoms with Crippen molar-refractivity contribution in [3.05, 3.63) is 28.7 Å². The Balaban J connectivity index is 2.12. The maximum absolute atomic E-state index is 5.77. The topological polar surface area (TPSA) is 101 Å². The first-order valence-electron chi connectivity index (χ1n) is 7.50. The summed E-state index contributed by atoms with van der Waals surface area (Å²) in [4.78, 5) is 13.1. The first-order chi connectivity index (χ1) is 11.5. The fourth-order valence-electron chi connectivity index (χ4n) is 2.83. The van der Waals surface area contributed by atoms with Crippen LogP contribution in [-0.4, -0.2) is 39.0 Å². The van der Waals surface area contributed by atoms with Crippen LogP contribution in [0.5, 0.6) is 11.6 Å². The van der Waals surface area contributed by atoms with Gasteiger partial charge in [0, 0.05) is 5.56 Å². The average Bonchev–Trinajstić information content (AvgIpc) is 2.93. The van der Waals surface area contributed by atoms with Gasteiger partial charge in [0.05, 0.1) is 49.3 Å². The van der Waals surface area contributed by atoms with Crippen molar-refractivity contribution in [1.82, 2.24) is 24.7 Å². The van der Waals surface area contributed by atoms with Crippen LogP contribution < -0.4 is 15.2 Å². The number of nitrogens with two attached hydrogens (primary N) is 1. The molecule has 0 unspecified atom stereocenters. The third-order valence-corrected chi connectivity index (χ3v) is 4.07. The van der Waals surface area contributed by atoms with E-state index in [9.17, 15) is 0 Å². The van der Waals surface area contributed by atoms with E-state index in [0.717, 1.165) is 33.7 Å². The zero-order chi connectivity index (χ0) is 17.4. The van der Waals surface area contributed by atoms with E-state index in [-0.39, 0.29) is 5.95 Å². The number of ether oxygens (including phenoxy) is 2. The summed E-state index contributed by atoms with van der Waals surface area (Å²) in [5.41, 5.74) is 9.86. The second-order valence-electron chi connectivity index (χ2n) is 5.56. The van der Waals surface area contributed by atoms with Gasteiger partial charge in [-0.05, 0) is 20.8 Å². The van der Waals surface area contributed by atoms with Gasteiger partial charge < -0.3 is 15.2 Å². The molecule has 0 aliphatic carbocycles. The van der Waals surface area contributed by atoms with Crippen molar-refractivity contribution in [1.29, 1.82) is 0 Å². The van der Waals surface area contributed by atoms with E-state index >= 15 is 0 Å². The smallest absolute Gasteiger partial charge is 0.222 e. The minimum Gasteiger partial charge on any atom is -0.496 e. The molecule has 0 saturated heterocycles. The largest absolute Gasteiger partial charge is 0.496 e. The molecule has 24 heavy (non-hydrogen) atoms. The highest BCUT2D eigenvalue weighted by molar-refractivity contribution is 5.78. The summed E-state index contributed by atoms with van der Waals surface area (Å²) in [7, 11) is 3.23. The van der Waals surface area contributed by atoms with Crippen LogP contribution in [-0.2, 0) is 6.54 Å². The van der Waals surface area contributed by atoms with Crippen molar-refractivity contribution >= 4 is 17.0 Å². The van der Waals surface area contributed by atoms with Gasteiger partial charge >= 0.3 is 0 Å². The van der Waals surface area contributed by atoms with Gasteiger partial charge in [0.25, 0.3) is 0 Å². The molecule has 3 rings (SSSR count). The van der Waals surface area contributed by atoms with Gasteiger partial charge in [-0.1, -0.05) is 0 Å². The fraction of sp³-hybridized carbons (Fsp3) is 0.375. The van der Waals surface area contributed by atoms with Crippen molar-refractivity contribution in [2.24, 2.45) is 0 Å². The predicted octanol–water partition coefficient (Wildman–Crippen LogP) is 1.79. The summed E-state index contributed by atoms with van der Waals surface area (Å²) in [6.07, 6.45) is 1.74. The van der Waals surface area contributed by atoms with Gasteiger partial charge in [-0.25, -0.2) is 14.6 Å². The molecule has 0 atom stereocenters. The molecular weight excluding hydrogens is 308 g/mol. The number of nitrogen functional groups attached to an aromatic ring is 1. The summed E-state index contributed by atoms with van der Waals surface area (Å²) in [6, 6.07) is 0. The van der Waals surface area contributed by atoms with E-state index in [1.165, 1.54) is 0 Å².